The summed E-state index contributed by atoms with van der Waals surface area (Å²) < 4.78 is 9.03. The van der Waals surface area contributed by atoms with E-state index >= 15 is 0 Å². The minimum atomic E-state index is 0.627. The molecule has 0 spiro atoms. The maximum absolute atomic E-state index is 6.03. The van der Waals surface area contributed by atoms with Crippen LogP contribution in [-0.2, 0) is 13.6 Å². The van der Waals surface area contributed by atoms with Crippen LogP contribution in [0.1, 0.15) is 25.1 Å². The molecule has 0 fully saturated rings. The standard InChI is InChI=1S/C16H22IN3O/c1-11(2)9-18-10-15-12(3)19-20(4)16(15)21-14-7-5-13(17)6-8-14/h5-8,11,18H,9-10H2,1-4H3. The number of nitrogens with zero attached hydrogens (tertiary/aromatic N) is 2. The Balaban J connectivity index is 2.16. The Hall–Kier alpha value is -1.08. The predicted octanol–water partition coefficient (Wildman–Crippen LogP) is 3.87. The van der Waals surface area contributed by atoms with Crippen molar-refractivity contribution >= 4 is 22.6 Å². The van der Waals surface area contributed by atoms with Gasteiger partial charge < -0.3 is 10.1 Å². The summed E-state index contributed by atoms with van der Waals surface area (Å²) in [5, 5.41) is 7.93. The van der Waals surface area contributed by atoms with E-state index < -0.39 is 0 Å². The quantitative estimate of drug-likeness (QED) is 0.750. The van der Waals surface area contributed by atoms with E-state index in [0.29, 0.717) is 5.92 Å². The molecular formula is C16H22IN3O. The Morgan fingerprint density at radius 2 is 1.95 bits per heavy atom. The second-order valence-corrected chi connectivity index (χ2v) is 6.82. The average molecular weight is 399 g/mol. The Labute approximate surface area is 140 Å². The van der Waals surface area contributed by atoms with Crippen LogP contribution in [0, 0.1) is 16.4 Å². The van der Waals surface area contributed by atoms with Crippen molar-refractivity contribution in [3.05, 3.63) is 39.1 Å². The molecule has 0 atom stereocenters. The van der Waals surface area contributed by atoms with E-state index in [4.69, 9.17) is 4.74 Å². The smallest absolute Gasteiger partial charge is 0.222 e. The normalized spacial score (nSPS) is 11.1. The Morgan fingerprint density at radius 3 is 2.57 bits per heavy atom. The van der Waals surface area contributed by atoms with Crippen LogP contribution in [0.5, 0.6) is 11.6 Å². The fourth-order valence-corrected chi connectivity index (χ4v) is 2.47. The van der Waals surface area contributed by atoms with Crippen molar-refractivity contribution < 1.29 is 4.74 Å². The van der Waals surface area contributed by atoms with Gasteiger partial charge in [-0.3, -0.25) is 0 Å². The lowest BCUT2D eigenvalue weighted by Crippen LogP contribution is -2.19. The van der Waals surface area contributed by atoms with Crippen molar-refractivity contribution in [1.82, 2.24) is 15.1 Å². The molecule has 0 radical (unpaired) electrons. The van der Waals surface area contributed by atoms with Crippen LogP contribution in [0.4, 0.5) is 0 Å². The molecule has 0 unspecified atom stereocenters. The van der Waals surface area contributed by atoms with Gasteiger partial charge in [0.1, 0.15) is 5.75 Å². The van der Waals surface area contributed by atoms with Gasteiger partial charge in [-0.05, 0) is 66.2 Å². The third-order valence-electron chi connectivity index (χ3n) is 3.17. The van der Waals surface area contributed by atoms with E-state index in [1.165, 1.54) is 3.57 Å². The maximum atomic E-state index is 6.03. The van der Waals surface area contributed by atoms with Crippen molar-refractivity contribution in [1.29, 1.82) is 0 Å². The number of hydrogen-bond donors (Lipinski definition) is 1. The molecule has 21 heavy (non-hydrogen) atoms. The van der Waals surface area contributed by atoms with E-state index in [1.807, 2.05) is 38.2 Å². The number of benzene rings is 1. The Kier molecular flexibility index (Phi) is 5.64. The fourth-order valence-electron chi connectivity index (χ4n) is 2.11. The first-order valence-corrected chi connectivity index (χ1v) is 8.22. The van der Waals surface area contributed by atoms with Crippen LogP contribution >= 0.6 is 22.6 Å². The molecule has 1 heterocycles. The number of hydrogen-bond acceptors (Lipinski definition) is 3. The molecule has 1 aromatic heterocycles. The van der Waals surface area contributed by atoms with Gasteiger partial charge >= 0.3 is 0 Å². The van der Waals surface area contributed by atoms with E-state index in [-0.39, 0.29) is 0 Å². The summed E-state index contributed by atoms with van der Waals surface area (Å²) >= 11 is 2.29. The highest BCUT2D eigenvalue weighted by molar-refractivity contribution is 14.1. The van der Waals surface area contributed by atoms with Crippen LogP contribution in [0.3, 0.4) is 0 Å². The molecule has 0 saturated carbocycles. The second kappa shape index (κ2) is 7.26. The van der Waals surface area contributed by atoms with Gasteiger partial charge in [0.05, 0.1) is 11.3 Å². The summed E-state index contributed by atoms with van der Waals surface area (Å²) in [7, 11) is 1.92. The molecule has 0 amide bonds. The molecule has 114 valence electrons. The predicted molar refractivity (Wildman–Crippen MR) is 93.7 cm³/mol. The third kappa shape index (κ3) is 4.44. The van der Waals surface area contributed by atoms with Crippen molar-refractivity contribution in [2.24, 2.45) is 13.0 Å². The lowest BCUT2D eigenvalue weighted by atomic mass is 10.2. The molecule has 5 heteroatoms. The zero-order valence-electron chi connectivity index (χ0n) is 13.0. The van der Waals surface area contributed by atoms with E-state index in [9.17, 15) is 0 Å². The largest absolute Gasteiger partial charge is 0.439 e. The number of nitrogens with one attached hydrogen (secondary N) is 1. The second-order valence-electron chi connectivity index (χ2n) is 5.57. The van der Waals surface area contributed by atoms with Crippen LogP contribution < -0.4 is 10.1 Å². The van der Waals surface area contributed by atoms with Gasteiger partial charge in [-0.25, -0.2) is 4.68 Å². The van der Waals surface area contributed by atoms with Gasteiger partial charge in [0.2, 0.25) is 5.88 Å². The summed E-state index contributed by atoms with van der Waals surface area (Å²) in [5.41, 5.74) is 2.13. The summed E-state index contributed by atoms with van der Waals surface area (Å²) in [4.78, 5) is 0. The third-order valence-corrected chi connectivity index (χ3v) is 3.89. The number of aryl methyl sites for hydroxylation is 2. The first-order chi connectivity index (χ1) is 9.97. The first kappa shape index (κ1) is 16.3. The first-order valence-electron chi connectivity index (χ1n) is 7.14. The van der Waals surface area contributed by atoms with Crippen LogP contribution in [-0.4, -0.2) is 16.3 Å². The lowest BCUT2D eigenvalue weighted by molar-refractivity contribution is 0.422. The van der Waals surface area contributed by atoms with Crippen LogP contribution in [0.2, 0.25) is 0 Å². The average Bonchev–Trinajstić information content (AvgIpc) is 2.68. The highest BCUT2D eigenvalue weighted by Gasteiger charge is 2.15. The summed E-state index contributed by atoms with van der Waals surface area (Å²) in [6.45, 7) is 8.18. The summed E-state index contributed by atoms with van der Waals surface area (Å²) in [6, 6.07) is 8.04. The van der Waals surface area contributed by atoms with E-state index in [0.717, 1.165) is 36.0 Å². The molecule has 0 saturated heterocycles. The molecule has 0 aliphatic heterocycles. The Bertz CT molecular complexity index is 590. The van der Waals surface area contributed by atoms with Crippen molar-refractivity contribution in [3.8, 4) is 11.6 Å². The SMILES string of the molecule is Cc1nn(C)c(Oc2ccc(I)cc2)c1CNCC(C)C. The highest BCUT2D eigenvalue weighted by Crippen LogP contribution is 2.27. The lowest BCUT2D eigenvalue weighted by Gasteiger charge is -2.11. The topological polar surface area (TPSA) is 39.1 Å². The van der Waals surface area contributed by atoms with Crippen LogP contribution in [0.15, 0.2) is 24.3 Å². The van der Waals surface area contributed by atoms with E-state index in [1.54, 1.807) is 4.68 Å². The van der Waals surface area contributed by atoms with Gasteiger partial charge in [-0.15, -0.1) is 0 Å². The van der Waals surface area contributed by atoms with Gasteiger partial charge in [0.15, 0.2) is 0 Å². The molecule has 0 aliphatic carbocycles. The van der Waals surface area contributed by atoms with Gasteiger partial charge in [0, 0.05) is 17.2 Å². The zero-order valence-corrected chi connectivity index (χ0v) is 15.1. The number of rotatable bonds is 6. The summed E-state index contributed by atoms with van der Waals surface area (Å²) in [6.07, 6.45) is 0. The highest BCUT2D eigenvalue weighted by atomic mass is 127. The number of halogens is 1. The molecule has 1 aromatic carbocycles. The Morgan fingerprint density at radius 1 is 1.29 bits per heavy atom. The minimum Gasteiger partial charge on any atom is -0.439 e. The molecule has 1 N–H and O–H groups in total. The molecule has 4 nitrogen and oxygen atoms in total. The summed E-state index contributed by atoms with van der Waals surface area (Å²) in [5.74, 6) is 2.27. The monoisotopic (exact) mass is 399 g/mol. The molecule has 2 rings (SSSR count). The number of aromatic nitrogens is 2. The molecular weight excluding hydrogens is 377 g/mol. The molecule has 0 aliphatic rings. The van der Waals surface area contributed by atoms with Gasteiger partial charge in [-0.2, -0.15) is 5.10 Å². The fraction of sp³-hybridized carbons (Fsp3) is 0.438. The number of ether oxygens (including phenoxy) is 1. The van der Waals surface area contributed by atoms with Crippen molar-refractivity contribution in [3.63, 3.8) is 0 Å². The van der Waals surface area contributed by atoms with Gasteiger partial charge in [-0.1, -0.05) is 13.8 Å². The van der Waals surface area contributed by atoms with Gasteiger partial charge in [0.25, 0.3) is 0 Å². The van der Waals surface area contributed by atoms with E-state index in [2.05, 4.69) is 46.9 Å². The van der Waals surface area contributed by atoms with Crippen LogP contribution in [0.25, 0.3) is 0 Å². The van der Waals surface area contributed by atoms with Crippen molar-refractivity contribution in [2.75, 3.05) is 6.54 Å². The molecule has 2 aromatic rings. The maximum Gasteiger partial charge on any atom is 0.222 e. The minimum absolute atomic E-state index is 0.627. The molecule has 0 bridgehead atoms. The van der Waals surface area contributed by atoms with Crippen molar-refractivity contribution in [2.45, 2.75) is 27.3 Å². The zero-order chi connectivity index (χ0) is 15.4.